The minimum Gasteiger partial charge on any atom is -0.260 e. The van der Waals surface area contributed by atoms with E-state index in [9.17, 15) is 4.39 Å². The van der Waals surface area contributed by atoms with Gasteiger partial charge in [0.25, 0.3) is 0 Å². The fourth-order valence-corrected chi connectivity index (χ4v) is 0.789. The molecule has 0 aliphatic carbocycles. The maximum absolute atomic E-state index is 12.0. The van der Waals surface area contributed by atoms with E-state index in [0.29, 0.717) is 18.5 Å². The van der Waals surface area contributed by atoms with Gasteiger partial charge >= 0.3 is 3.92 Å². The van der Waals surface area contributed by atoms with E-state index in [1.54, 1.807) is 0 Å². The van der Waals surface area contributed by atoms with Gasteiger partial charge in [0.15, 0.2) is 0 Å². The SMILES string of the molecule is CCNSC(F)(Cl)Cl. The Labute approximate surface area is 62.0 Å². The molecule has 50 valence electrons. The lowest BCUT2D eigenvalue weighted by Gasteiger charge is -2.06. The van der Waals surface area contributed by atoms with Crippen molar-refractivity contribution < 1.29 is 4.39 Å². The van der Waals surface area contributed by atoms with Crippen molar-refractivity contribution in [2.45, 2.75) is 10.8 Å². The maximum Gasteiger partial charge on any atom is 0.318 e. The molecule has 0 amide bonds. The van der Waals surface area contributed by atoms with Gasteiger partial charge in [0.2, 0.25) is 0 Å². The Balaban J connectivity index is 3.11. The standard InChI is InChI=1S/C3H6Cl2FNS/c1-2-7-8-3(4,5)6/h7H,2H2,1H3. The van der Waals surface area contributed by atoms with Crippen molar-refractivity contribution in [3.63, 3.8) is 0 Å². The van der Waals surface area contributed by atoms with Crippen molar-refractivity contribution in [2.75, 3.05) is 6.54 Å². The maximum atomic E-state index is 12.0. The van der Waals surface area contributed by atoms with Gasteiger partial charge in [0, 0.05) is 6.54 Å². The number of rotatable bonds is 3. The van der Waals surface area contributed by atoms with E-state index >= 15 is 0 Å². The van der Waals surface area contributed by atoms with Crippen LogP contribution >= 0.6 is 35.1 Å². The third-order valence-corrected chi connectivity index (χ3v) is 1.46. The van der Waals surface area contributed by atoms with Gasteiger partial charge in [0.05, 0.1) is 0 Å². The van der Waals surface area contributed by atoms with Crippen LogP contribution in [0.3, 0.4) is 0 Å². The molecule has 0 unspecified atom stereocenters. The van der Waals surface area contributed by atoms with Crippen LogP contribution in [0.15, 0.2) is 0 Å². The lowest BCUT2D eigenvalue weighted by Crippen LogP contribution is -2.09. The van der Waals surface area contributed by atoms with Crippen LogP contribution in [0.5, 0.6) is 0 Å². The van der Waals surface area contributed by atoms with Gasteiger partial charge in [0.1, 0.15) is 0 Å². The largest absolute Gasteiger partial charge is 0.318 e. The van der Waals surface area contributed by atoms with Crippen LogP contribution in [0.25, 0.3) is 0 Å². The third kappa shape index (κ3) is 6.82. The molecule has 0 bridgehead atoms. The average Bonchev–Trinajstić information content (AvgIpc) is 1.59. The van der Waals surface area contributed by atoms with Crippen LogP contribution in [0.4, 0.5) is 4.39 Å². The van der Waals surface area contributed by atoms with Crippen molar-refractivity contribution in [1.82, 2.24) is 4.72 Å². The van der Waals surface area contributed by atoms with E-state index in [4.69, 9.17) is 23.2 Å². The minimum absolute atomic E-state index is 0.635. The predicted octanol–water partition coefficient (Wildman–Crippen LogP) is 2.30. The Bertz CT molecular complexity index is 64.8. The molecule has 0 saturated carbocycles. The van der Waals surface area contributed by atoms with Crippen molar-refractivity contribution in [3.05, 3.63) is 0 Å². The molecule has 1 N–H and O–H groups in total. The molecule has 0 saturated heterocycles. The second kappa shape index (κ2) is 3.77. The summed E-state index contributed by atoms with van der Waals surface area (Å²) in [5.41, 5.74) is 0. The van der Waals surface area contributed by atoms with Crippen LogP contribution in [-0.4, -0.2) is 10.5 Å². The van der Waals surface area contributed by atoms with Crippen LogP contribution in [0.2, 0.25) is 0 Å². The lowest BCUT2D eigenvalue weighted by molar-refractivity contribution is 0.514. The molecule has 0 aliphatic rings. The molecule has 0 fully saturated rings. The van der Waals surface area contributed by atoms with Gasteiger partial charge in [-0.05, 0) is 11.9 Å². The van der Waals surface area contributed by atoms with Gasteiger partial charge < -0.3 is 0 Å². The zero-order valence-electron chi connectivity index (χ0n) is 4.25. The smallest absolute Gasteiger partial charge is 0.260 e. The summed E-state index contributed by atoms with van der Waals surface area (Å²) >= 11 is 10.5. The first-order valence-corrected chi connectivity index (χ1v) is 3.61. The fraction of sp³-hybridized carbons (Fsp3) is 1.00. The highest BCUT2D eigenvalue weighted by atomic mass is 35.5. The fourth-order valence-electron chi connectivity index (χ4n) is 0.154. The predicted molar refractivity (Wildman–Crippen MR) is 36.8 cm³/mol. The van der Waals surface area contributed by atoms with Crippen molar-refractivity contribution >= 4 is 35.1 Å². The number of alkyl halides is 3. The Morgan fingerprint density at radius 1 is 1.75 bits per heavy atom. The molecular weight excluding hydrogens is 172 g/mol. The summed E-state index contributed by atoms with van der Waals surface area (Å²) in [5, 5.41) is 0. The first kappa shape index (κ1) is 8.82. The van der Waals surface area contributed by atoms with Crippen molar-refractivity contribution in [1.29, 1.82) is 0 Å². The average molecular weight is 178 g/mol. The highest BCUT2D eigenvalue weighted by Gasteiger charge is 2.21. The minimum atomic E-state index is -2.20. The van der Waals surface area contributed by atoms with Gasteiger partial charge in [-0.25, -0.2) is 0 Å². The first-order chi connectivity index (χ1) is 3.56. The van der Waals surface area contributed by atoms with Crippen LogP contribution < -0.4 is 4.72 Å². The van der Waals surface area contributed by atoms with Crippen LogP contribution in [0, 0.1) is 0 Å². The molecule has 0 rings (SSSR count). The van der Waals surface area contributed by atoms with E-state index in [2.05, 4.69) is 4.72 Å². The molecule has 0 heterocycles. The van der Waals surface area contributed by atoms with Gasteiger partial charge in [-0.3, -0.25) is 4.72 Å². The molecule has 1 nitrogen and oxygen atoms in total. The van der Waals surface area contributed by atoms with E-state index in [0.717, 1.165) is 0 Å². The summed E-state index contributed by atoms with van der Waals surface area (Å²) in [6, 6.07) is 0. The van der Waals surface area contributed by atoms with E-state index in [-0.39, 0.29) is 0 Å². The van der Waals surface area contributed by atoms with Gasteiger partial charge in [-0.1, -0.05) is 30.1 Å². The summed E-state index contributed by atoms with van der Waals surface area (Å²) in [6.07, 6.45) is 0. The van der Waals surface area contributed by atoms with Gasteiger partial charge in [-0.2, -0.15) is 4.39 Å². The molecule has 0 spiro atoms. The monoisotopic (exact) mass is 177 g/mol. The Hall–Kier alpha value is 0.820. The molecule has 0 aromatic rings. The first-order valence-electron chi connectivity index (χ1n) is 2.04. The highest BCUT2D eigenvalue weighted by Crippen LogP contribution is 2.33. The quantitative estimate of drug-likeness (QED) is 0.525. The number of hydrogen-bond acceptors (Lipinski definition) is 2. The Morgan fingerprint density at radius 2 is 2.25 bits per heavy atom. The molecule has 5 heteroatoms. The summed E-state index contributed by atoms with van der Waals surface area (Å²) < 4.78 is 12.4. The van der Waals surface area contributed by atoms with E-state index in [1.807, 2.05) is 6.92 Å². The van der Waals surface area contributed by atoms with Crippen molar-refractivity contribution in [2.24, 2.45) is 0 Å². The molecule has 0 aromatic carbocycles. The summed E-state index contributed by atoms with van der Waals surface area (Å²) in [6.45, 7) is 2.46. The second-order valence-corrected chi connectivity index (χ2v) is 3.78. The summed E-state index contributed by atoms with van der Waals surface area (Å²) in [4.78, 5) is 0. The molecule has 0 aromatic heterocycles. The van der Waals surface area contributed by atoms with Gasteiger partial charge in [-0.15, -0.1) is 0 Å². The third-order valence-electron chi connectivity index (χ3n) is 0.332. The molecular formula is C3H6Cl2FNS. The zero-order chi connectivity index (χ0) is 6.62. The zero-order valence-corrected chi connectivity index (χ0v) is 6.58. The molecule has 0 aliphatic heterocycles. The highest BCUT2D eigenvalue weighted by molar-refractivity contribution is 8.01. The number of nitrogens with one attached hydrogen (secondary N) is 1. The molecule has 0 radical (unpaired) electrons. The van der Waals surface area contributed by atoms with Crippen LogP contribution in [0.1, 0.15) is 6.92 Å². The number of halogens is 3. The normalized spacial score (nSPS) is 12.0. The number of hydrogen-bond donors (Lipinski definition) is 1. The second-order valence-electron chi connectivity index (χ2n) is 1.05. The van der Waals surface area contributed by atoms with E-state index in [1.165, 1.54) is 0 Å². The Kier molecular flexibility index (Phi) is 4.16. The van der Waals surface area contributed by atoms with E-state index < -0.39 is 3.92 Å². The van der Waals surface area contributed by atoms with Crippen LogP contribution in [-0.2, 0) is 0 Å². The molecule has 8 heavy (non-hydrogen) atoms. The summed E-state index contributed by atoms with van der Waals surface area (Å²) in [7, 11) is 0. The summed E-state index contributed by atoms with van der Waals surface area (Å²) in [5.74, 6) is 0. The van der Waals surface area contributed by atoms with Crippen molar-refractivity contribution in [3.8, 4) is 0 Å². The topological polar surface area (TPSA) is 12.0 Å². The lowest BCUT2D eigenvalue weighted by atomic mass is 10.8. The Morgan fingerprint density at radius 3 is 2.38 bits per heavy atom. The molecule has 0 atom stereocenters.